The molecule has 84 valence electrons. The molecule has 0 aliphatic heterocycles. The minimum absolute atomic E-state index is 0.356. The largest absolute Gasteiger partial charge is 0.377 e. The van der Waals surface area contributed by atoms with Gasteiger partial charge in [-0.3, -0.25) is 0 Å². The molecule has 0 amide bonds. The minimum atomic E-state index is 0.356. The molecule has 4 N–H and O–H groups in total. The molecule has 0 bridgehead atoms. The highest BCUT2D eigenvalue weighted by Gasteiger charge is 2.06. The molecule has 0 aliphatic rings. The van der Waals surface area contributed by atoms with E-state index in [9.17, 15) is 0 Å². The second kappa shape index (κ2) is 5.59. The van der Waals surface area contributed by atoms with Crippen molar-refractivity contribution in [3.8, 4) is 0 Å². The zero-order chi connectivity index (χ0) is 11.3. The highest BCUT2D eigenvalue weighted by atomic mass is 32.2. The number of aromatic nitrogens is 3. The van der Waals surface area contributed by atoms with E-state index in [1.54, 1.807) is 6.33 Å². The van der Waals surface area contributed by atoms with Gasteiger partial charge in [0, 0.05) is 6.54 Å². The van der Waals surface area contributed by atoms with Crippen molar-refractivity contribution in [3.05, 3.63) is 12.2 Å². The van der Waals surface area contributed by atoms with Gasteiger partial charge in [0.05, 0.1) is 5.75 Å². The van der Waals surface area contributed by atoms with Gasteiger partial charge in [0.2, 0.25) is 0 Å². The molecule has 1 rings (SSSR count). The molecule has 0 aromatic carbocycles. The number of thioether (sulfide) groups is 1. The van der Waals surface area contributed by atoms with Gasteiger partial charge in [-0.05, 0) is 5.92 Å². The van der Waals surface area contributed by atoms with Crippen LogP contribution in [0, 0.1) is 5.92 Å². The van der Waals surface area contributed by atoms with Crippen LogP contribution in [0.3, 0.4) is 0 Å². The molecule has 0 saturated heterocycles. The van der Waals surface area contributed by atoms with E-state index >= 15 is 0 Å². The summed E-state index contributed by atoms with van der Waals surface area (Å²) in [5.74, 6) is 7.09. The van der Waals surface area contributed by atoms with Crippen LogP contribution >= 0.6 is 11.8 Å². The third kappa shape index (κ3) is 3.78. The minimum Gasteiger partial charge on any atom is -0.377 e. The van der Waals surface area contributed by atoms with Crippen LogP contribution in [-0.2, 0) is 12.3 Å². The molecule has 0 saturated carbocycles. The summed E-state index contributed by atoms with van der Waals surface area (Å²) in [6.07, 6.45) is 1.55. The number of nitrogens with zero attached hydrogens (tertiary/aromatic N) is 4. The summed E-state index contributed by atoms with van der Waals surface area (Å²) in [5.41, 5.74) is 5.47. The van der Waals surface area contributed by atoms with E-state index < -0.39 is 0 Å². The summed E-state index contributed by atoms with van der Waals surface area (Å²) in [5, 5.41) is 7.87. The lowest BCUT2D eigenvalue weighted by atomic mass is 10.2. The van der Waals surface area contributed by atoms with E-state index in [1.807, 2.05) is 4.68 Å². The Labute approximate surface area is 93.1 Å². The topological polar surface area (TPSA) is 95.1 Å². The van der Waals surface area contributed by atoms with Gasteiger partial charge < -0.3 is 11.6 Å². The molecule has 1 aromatic rings. The van der Waals surface area contributed by atoms with Crippen molar-refractivity contribution in [2.24, 2.45) is 22.6 Å². The second-order valence-electron chi connectivity index (χ2n) is 3.51. The second-order valence-corrected chi connectivity index (χ2v) is 4.50. The number of hydrazone groups is 1. The molecule has 0 atom stereocenters. The Balaban J connectivity index is 2.57. The Kier molecular flexibility index (Phi) is 4.41. The Morgan fingerprint density at radius 1 is 1.67 bits per heavy atom. The highest BCUT2D eigenvalue weighted by Crippen LogP contribution is 2.10. The fourth-order valence-electron chi connectivity index (χ4n) is 1.07. The normalized spacial score (nSPS) is 12.3. The molecular weight excluding hydrogens is 212 g/mol. The van der Waals surface area contributed by atoms with Crippen molar-refractivity contribution in [3.63, 3.8) is 0 Å². The van der Waals surface area contributed by atoms with E-state index in [1.165, 1.54) is 11.8 Å². The lowest BCUT2D eigenvalue weighted by Crippen LogP contribution is -2.13. The van der Waals surface area contributed by atoms with Gasteiger partial charge in [0.1, 0.15) is 12.2 Å². The molecule has 0 unspecified atom stereocenters. The number of hydrogen-bond donors (Lipinski definition) is 2. The summed E-state index contributed by atoms with van der Waals surface area (Å²) >= 11 is 1.35. The van der Waals surface area contributed by atoms with E-state index in [4.69, 9.17) is 11.6 Å². The first-order valence-electron chi connectivity index (χ1n) is 4.66. The molecule has 1 aromatic heterocycles. The van der Waals surface area contributed by atoms with Crippen molar-refractivity contribution < 1.29 is 0 Å². The Bertz CT molecular complexity index is 332. The quantitative estimate of drug-likeness (QED) is 0.336. The molecular formula is C8H16N6S. The van der Waals surface area contributed by atoms with Crippen LogP contribution in [0.5, 0.6) is 0 Å². The zero-order valence-electron chi connectivity index (χ0n) is 8.92. The van der Waals surface area contributed by atoms with Crippen molar-refractivity contribution >= 4 is 16.9 Å². The lowest BCUT2D eigenvalue weighted by molar-refractivity contribution is 0.472. The van der Waals surface area contributed by atoms with Crippen molar-refractivity contribution in [2.45, 2.75) is 26.1 Å². The molecule has 6 nitrogen and oxygen atoms in total. The highest BCUT2D eigenvalue weighted by molar-refractivity contribution is 8.13. The van der Waals surface area contributed by atoms with Crippen LogP contribution in [0.1, 0.15) is 19.7 Å². The lowest BCUT2D eigenvalue weighted by Gasteiger charge is -2.07. The third-order valence-electron chi connectivity index (χ3n) is 1.71. The first kappa shape index (κ1) is 11.8. The summed E-state index contributed by atoms with van der Waals surface area (Å²) in [7, 11) is 0. The van der Waals surface area contributed by atoms with Gasteiger partial charge in [-0.2, -0.15) is 10.2 Å². The predicted octanol–water partition coefficient (Wildman–Crippen LogP) is 0.356. The first-order chi connectivity index (χ1) is 7.13. The first-order valence-corrected chi connectivity index (χ1v) is 5.65. The fourth-order valence-corrected chi connectivity index (χ4v) is 1.65. The summed E-state index contributed by atoms with van der Waals surface area (Å²) in [6, 6.07) is 0. The Morgan fingerprint density at radius 3 is 3.00 bits per heavy atom. The van der Waals surface area contributed by atoms with E-state index in [2.05, 4.69) is 29.0 Å². The van der Waals surface area contributed by atoms with Gasteiger partial charge >= 0.3 is 0 Å². The molecule has 0 aliphatic carbocycles. The number of rotatable bonds is 4. The van der Waals surface area contributed by atoms with Crippen LogP contribution in [0.2, 0.25) is 0 Å². The average Bonchev–Trinajstić information content (AvgIpc) is 2.61. The van der Waals surface area contributed by atoms with Crippen LogP contribution in [-0.4, -0.2) is 19.9 Å². The van der Waals surface area contributed by atoms with E-state index in [0.29, 0.717) is 16.8 Å². The summed E-state index contributed by atoms with van der Waals surface area (Å²) < 4.78 is 1.88. The van der Waals surface area contributed by atoms with Crippen LogP contribution in [0.25, 0.3) is 0 Å². The smallest absolute Gasteiger partial charge is 0.177 e. The third-order valence-corrected chi connectivity index (χ3v) is 2.51. The van der Waals surface area contributed by atoms with Gasteiger partial charge in [0.25, 0.3) is 0 Å². The maximum atomic E-state index is 5.47. The number of hydrogen-bond acceptors (Lipinski definition) is 5. The summed E-state index contributed by atoms with van der Waals surface area (Å²) in [6.45, 7) is 5.12. The molecule has 7 heteroatoms. The Hall–Kier alpha value is -1.24. The molecule has 0 radical (unpaired) electrons. The molecule has 1 heterocycles. The van der Waals surface area contributed by atoms with Gasteiger partial charge in [-0.25, -0.2) is 9.67 Å². The van der Waals surface area contributed by atoms with E-state index in [-0.39, 0.29) is 0 Å². The average molecular weight is 228 g/mol. The zero-order valence-corrected chi connectivity index (χ0v) is 9.74. The van der Waals surface area contributed by atoms with Crippen LogP contribution < -0.4 is 11.6 Å². The van der Waals surface area contributed by atoms with E-state index in [0.717, 1.165) is 12.4 Å². The van der Waals surface area contributed by atoms with Crippen LogP contribution in [0.15, 0.2) is 11.4 Å². The van der Waals surface area contributed by atoms with Gasteiger partial charge in [-0.1, -0.05) is 25.6 Å². The monoisotopic (exact) mass is 228 g/mol. The Morgan fingerprint density at radius 2 is 2.40 bits per heavy atom. The maximum Gasteiger partial charge on any atom is 0.177 e. The number of amidine groups is 1. The van der Waals surface area contributed by atoms with Crippen molar-refractivity contribution in [2.75, 3.05) is 0 Å². The number of nitrogens with two attached hydrogens (primary N) is 2. The fraction of sp³-hybridized carbons (Fsp3) is 0.625. The molecule has 0 spiro atoms. The SMILES string of the molecule is CC(C)Cn1ncnc1CSC(N)=NN. The standard InChI is InChI=1S/C8H16N6S/c1-6(2)3-14-7(11-5-12-14)4-15-8(9)13-10/h5-6H,3-4,10H2,1-2H3,(H2,9,13). The summed E-state index contributed by atoms with van der Waals surface area (Å²) in [4.78, 5) is 4.16. The predicted molar refractivity (Wildman–Crippen MR) is 62.0 cm³/mol. The van der Waals surface area contributed by atoms with Gasteiger partial charge in [-0.15, -0.1) is 0 Å². The van der Waals surface area contributed by atoms with Gasteiger partial charge in [0.15, 0.2) is 5.17 Å². The molecule has 15 heavy (non-hydrogen) atoms. The van der Waals surface area contributed by atoms with Crippen molar-refractivity contribution in [1.29, 1.82) is 0 Å². The van der Waals surface area contributed by atoms with Crippen LogP contribution in [0.4, 0.5) is 0 Å². The maximum absolute atomic E-state index is 5.47. The van der Waals surface area contributed by atoms with Crippen molar-refractivity contribution in [1.82, 2.24) is 14.8 Å². The molecule has 0 fully saturated rings.